The van der Waals surface area contributed by atoms with Crippen LogP contribution in [0, 0.1) is 12.3 Å². The van der Waals surface area contributed by atoms with Gasteiger partial charge in [0.05, 0.1) is 6.54 Å². The molecule has 0 radical (unpaired) electrons. The van der Waals surface area contributed by atoms with Crippen LogP contribution in [0.3, 0.4) is 0 Å². The van der Waals surface area contributed by atoms with E-state index < -0.39 is 0 Å². The minimum Gasteiger partial charge on any atom is -0.276 e. The molecular formula is C12H11N. The van der Waals surface area contributed by atoms with Gasteiger partial charge in [-0.05, 0) is 24.0 Å². The summed E-state index contributed by atoms with van der Waals surface area (Å²) in [5.74, 6) is 2.54. The first-order chi connectivity index (χ1) is 6.42. The van der Waals surface area contributed by atoms with Crippen LogP contribution in [-0.2, 0) is 6.42 Å². The Labute approximate surface area is 78.5 Å². The highest BCUT2D eigenvalue weighted by molar-refractivity contribution is 6.04. The maximum atomic E-state index is 5.17. The lowest BCUT2D eigenvalue weighted by molar-refractivity contribution is 1.08. The molecule has 0 amide bonds. The summed E-state index contributed by atoms with van der Waals surface area (Å²) in [6.07, 6.45) is 7.32. The number of hydrogen-bond donors (Lipinski definition) is 0. The minimum atomic E-state index is 0.504. The Morgan fingerprint density at radius 3 is 3.00 bits per heavy atom. The molecular weight excluding hydrogens is 158 g/mol. The predicted molar refractivity (Wildman–Crippen MR) is 55.0 cm³/mol. The van der Waals surface area contributed by atoms with Crippen molar-refractivity contribution in [2.24, 2.45) is 4.99 Å². The van der Waals surface area contributed by atoms with Gasteiger partial charge in [0.15, 0.2) is 0 Å². The monoisotopic (exact) mass is 169 g/mol. The highest BCUT2D eigenvalue weighted by Crippen LogP contribution is 2.21. The van der Waals surface area contributed by atoms with E-state index in [1.54, 1.807) is 0 Å². The molecule has 1 nitrogen and oxygen atoms in total. The Kier molecular flexibility index (Phi) is 2.14. The SMILES string of the molecule is C#CC/N=C1\CCc2ccccc21. The highest BCUT2D eigenvalue weighted by Gasteiger charge is 2.15. The summed E-state index contributed by atoms with van der Waals surface area (Å²) in [5.41, 5.74) is 3.87. The lowest BCUT2D eigenvalue weighted by atomic mass is 10.1. The van der Waals surface area contributed by atoms with Crippen LogP contribution in [0.1, 0.15) is 17.5 Å². The van der Waals surface area contributed by atoms with Gasteiger partial charge in [0, 0.05) is 5.71 Å². The molecule has 13 heavy (non-hydrogen) atoms. The second kappa shape index (κ2) is 3.45. The number of fused-ring (bicyclic) bond motifs is 1. The molecule has 0 N–H and O–H groups in total. The molecule has 0 bridgehead atoms. The molecule has 0 aliphatic heterocycles. The molecule has 2 rings (SSSR count). The molecule has 0 fully saturated rings. The summed E-state index contributed by atoms with van der Waals surface area (Å²) in [5, 5.41) is 0. The number of aliphatic imine (C=N–C) groups is 1. The molecule has 0 saturated carbocycles. The van der Waals surface area contributed by atoms with Gasteiger partial charge in [-0.25, -0.2) is 0 Å². The van der Waals surface area contributed by atoms with Gasteiger partial charge in [0.2, 0.25) is 0 Å². The van der Waals surface area contributed by atoms with Gasteiger partial charge in [-0.2, -0.15) is 0 Å². The van der Waals surface area contributed by atoms with Crippen LogP contribution < -0.4 is 0 Å². The second-order valence-electron chi connectivity index (χ2n) is 3.12. The molecule has 1 heteroatoms. The van der Waals surface area contributed by atoms with Gasteiger partial charge in [-0.3, -0.25) is 4.99 Å². The smallest absolute Gasteiger partial charge is 0.0998 e. The van der Waals surface area contributed by atoms with Crippen molar-refractivity contribution in [3.8, 4) is 12.3 Å². The van der Waals surface area contributed by atoms with E-state index in [0.717, 1.165) is 12.8 Å². The third-order valence-electron chi connectivity index (χ3n) is 2.32. The predicted octanol–water partition coefficient (Wildman–Crippen LogP) is 2.06. The first-order valence-electron chi connectivity index (χ1n) is 4.47. The molecule has 1 aromatic rings. The summed E-state index contributed by atoms with van der Waals surface area (Å²) in [6, 6.07) is 8.41. The van der Waals surface area contributed by atoms with Gasteiger partial charge in [0.1, 0.15) is 0 Å². The van der Waals surface area contributed by atoms with Crippen LogP contribution in [0.5, 0.6) is 0 Å². The fraction of sp³-hybridized carbons (Fsp3) is 0.250. The van der Waals surface area contributed by atoms with Crippen LogP contribution in [0.15, 0.2) is 29.3 Å². The van der Waals surface area contributed by atoms with Crippen molar-refractivity contribution in [1.29, 1.82) is 0 Å². The topological polar surface area (TPSA) is 12.4 Å². The van der Waals surface area contributed by atoms with Crippen molar-refractivity contribution < 1.29 is 0 Å². The van der Waals surface area contributed by atoms with Crippen LogP contribution in [0.2, 0.25) is 0 Å². The van der Waals surface area contributed by atoms with Crippen molar-refractivity contribution in [1.82, 2.24) is 0 Å². The molecule has 0 atom stereocenters. The van der Waals surface area contributed by atoms with Crippen molar-refractivity contribution in [2.45, 2.75) is 12.8 Å². The third kappa shape index (κ3) is 1.48. The lowest BCUT2D eigenvalue weighted by Crippen LogP contribution is -1.94. The molecule has 0 spiro atoms. The number of nitrogens with zero attached hydrogens (tertiary/aromatic N) is 1. The average Bonchev–Trinajstić information content (AvgIpc) is 2.58. The fourth-order valence-corrected chi connectivity index (χ4v) is 1.71. The number of benzene rings is 1. The van der Waals surface area contributed by atoms with Crippen molar-refractivity contribution in [2.75, 3.05) is 6.54 Å². The van der Waals surface area contributed by atoms with Gasteiger partial charge in [-0.15, -0.1) is 6.42 Å². The number of hydrogen-bond acceptors (Lipinski definition) is 1. The Hall–Kier alpha value is -1.55. The van der Waals surface area contributed by atoms with Gasteiger partial charge in [-0.1, -0.05) is 30.2 Å². The Balaban J connectivity index is 2.34. The standard InChI is InChI=1S/C12H11N/c1-2-9-13-12-8-7-10-5-3-4-6-11(10)12/h1,3-6H,7-9H2/b13-12+. The van der Waals surface area contributed by atoms with Crippen molar-refractivity contribution in [3.05, 3.63) is 35.4 Å². The number of rotatable bonds is 1. The number of aryl methyl sites for hydroxylation is 1. The fourth-order valence-electron chi connectivity index (χ4n) is 1.71. The summed E-state index contributed by atoms with van der Waals surface area (Å²) >= 11 is 0. The van der Waals surface area contributed by atoms with Crippen LogP contribution >= 0.6 is 0 Å². The zero-order chi connectivity index (χ0) is 9.10. The van der Waals surface area contributed by atoms with E-state index in [1.807, 2.05) is 0 Å². The zero-order valence-corrected chi connectivity index (χ0v) is 7.46. The summed E-state index contributed by atoms with van der Waals surface area (Å²) < 4.78 is 0. The van der Waals surface area contributed by atoms with Crippen LogP contribution in [0.25, 0.3) is 0 Å². The molecule has 1 aliphatic rings. The molecule has 64 valence electrons. The van der Waals surface area contributed by atoms with E-state index in [-0.39, 0.29) is 0 Å². The first kappa shape index (κ1) is 8.07. The second-order valence-corrected chi connectivity index (χ2v) is 3.12. The van der Waals surface area contributed by atoms with E-state index >= 15 is 0 Å². The largest absolute Gasteiger partial charge is 0.276 e. The van der Waals surface area contributed by atoms with E-state index in [9.17, 15) is 0 Å². The molecule has 0 saturated heterocycles. The molecule has 1 aromatic carbocycles. The average molecular weight is 169 g/mol. The maximum Gasteiger partial charge on any atom is 0.0998 e. The van der Waals surface area contributed by atoms with Crippen molar-refractivity contribution in [3.63, 3.8) is 0 Å². The zero-order valence-electron chi connectivity index (χ0n) is 7.46. The van der Waals surface area contributed by atoms with Crippen LogP contribution in [-0.4, -0.2) is 12.3 Å². The van der Waals surface area contributed by atoms with E-state index in [0.29, 0.717) is 6.54 Å². The van der Waals surface area contributed by atoms with E-state index in [4.69, 9.17) is 6.42 Å². The molecule has 0 aromatic heterocycles. The highest BCUT2D eigenvalue weighted by atomic mass is 14.7. The Bertz CT molecular complexity index is 382. The quantitative estimate of drug-likeness (QED) is 0.570. The Morgan fingerprint density at radius 1 is 1.31 bits per heavy atom. The van der Waals surface area contributed by atoms with Crippen molar-refractivity contribution >= 4 is 5.71 Å². The van der Waals surface area contributed by atoms with E-state index in [2.05, 4.69) is 35.2 Å². The molecule has 0 unspecified atom stereocenters. The van der Waals surface area contributed by atoms with Crippen LogP contribution in [0.4, 0.5) is 0 Å². The molecule has 0 heterocycles. The lowest BCUT2D eigenvalue weighted by Gasteiger charge is -1.97. The molecule has 1 aliphatic carbocycles. The normalized spacial score (nSPS) is 17.0. The summed E-state index contributed by atoms with van der Waals surface area (Å²) in [7, 11) is 0. The third-order valence-corrected chi connectivity index (χ3v) is 2.32. The first-order valence-corrected chi connectivity index (χ1v) is 4.47. The number of terminal acetylenes is 1. The van der Waals surface area contributed by atoms with Gasteiger partial charge < -0.3 is 0 Å². The minimum absolute atomic E-state index is 0.504. The summed E-state index contributed by atoms with van der Waals surface area (Å²) in [4.78, 5) is 4.36. The van der Waals surface area contributed by atoms with E-state index in [1.165, 1.54) is 16.8 Å². The summed E-state index contributed by atoms with van der Waals surface area (Å²) in [6.45, 7) is 0.504. The van der Waals surface area contributed by atoms with Gasteiger partial charge >= 0.3 is 0 Å². The van der Waals surface area contributed by atoms with Gasteiger partial charge in [0.25, 0.3) is 0 Å². The maximum absolute atomic E-state index is 5.17. The Morgan fingerprint density at radius 2 is 2.15 bits per heavy atom.